The highest BCUT2D eigenvalue weighted by atomic mass is 127. The molecule has 0 saturated carbocycles. The SMILES string of the molecule is Cc1c([N+](=O)[O-])cc[n+]([O-])c1I. The maximum Gasteiger partial charge on any atom is 0.285 e. The predicted molar refractivity (Wildman–Crippen MR) is 49.5 cm³/mol. The summed E-state index contributed by atoms with van der Waals surface area (Å²) in [6.07, 6.45) is 1.13. The second-order valence-electron chi connectivity index (χ2n) is 2.20. The number of pyridine rings is 1. The first kappa shape index (κ1) is 9.17. The molecule has 0 aliphatic rings. The fourth-order valence-corrected chi connectivity index (χ4v) is 1.23. The first-order chi connectivity index (χ1) is 5.54. The van der Waals surface area contributed by atoms with Crippen molar-refractivity contribution in [1.29, 1.82) is 0 Å². The lowest BCUT2D eigenvalue weighted by Gasteiger charge is -2.00. The van der Waals surface area contributed by atoms with Crippen LogP contribution in [0.3, 0.4) is 0 Å². The number of hydrogen-bond donors (Lipinski definition) is 0. The molecule has 0 amide bonds. The van der Waals surface area contributed by atoms with E-state index in [1.807, 2.05) is 0 Å². The highest BCUT2D eigenvalue weighted by Gasteiger charge is 2.18. The molecular formula is C6H5IN2O3. The van der Waals surface area contributed by atoms with Crippen molar-refractivity contribution in [3.8, 4) is 0 Å². The van der Waals surface area contributed by atoms with Crippen molar-refractivity contribution >= 4 is 28.3 Å². The lowest BCUT2D eigenvalue weighted by atomic mass is 10.3. The Kier molecular flexibility index (Phi) is 2.46. The smallest absolute Gasteiger partial charge is 0.285 e. The zero-order valence-corrected chi connectivity index (χ0v) is 8.31. The van der Waals surface area contributed by atoms with Crippen LogP contribution in [0.4, 0.5) is 5.69 Å². The van der Waals surface area contributed by atoms with E-state index in [4.69, 9.17) is 0 Å². The second-order valence-corrected chi connectivity index (χ2v) is 3.22. The summed E-state index contributed by atoms with van der Waals surface area (Å²) in [7, 11) is 0. The molecule has 0 aromatic carbocycles. The third-order valence-corrected chi connectivity index (χ3v) is 2.74. The van der Waals surface area contributed by atoms with E-state index in [1.54, 1.807) is 29.5 Å². The van der Waals surface area contributed by atoms with Crippen LogP contribution >= 0.6 is 22.6 Å². The average Bonchev–Trinajstić information content (AvgIpc) is 2.00. The van der Waals surface area contributed by atoms with E-state index in [9.17, 15) is 15.3 Å². The van der Waals surface area contributed by atoms with Crippen LogP contribution < -0.4 is 4.73 Å². The van der Waals surface area contributed by atoms with E-state index in [-0.39, 0.29) is 5.69 Å². The number of halogens is 1. The quantitative estimate of drug-likeness (QED) is 0.193. The van der Waals surface area contributed by atoms with Gasteiger partial charge >= 0.3 is 0 Å². The van der Waals surface area contributed by atoms with Crippen LogP contribution in [0.25, 0.3) is 0 Å². The van der Waals surface area contributed by atoms with Crippen molar-refractivity contribution in [1.82, 2.24) is 0 Å². The molecule has 64 valence electrons. The van der Waals surface area contributed by atoms with Gasteiger partial charge < -0.3 is 5.21 Å². The molecule has 5 nitrogen and oxygen atoms in total. The van der Waals surface area contributed by atoms with E-state index < -0.39 is 4.92 Å². The third-order valence-electron chi connectivity index (χ3n) is 1.45. The summed E-state index contributed by atoms with van der Waals surface area (Å²) in [6, 6.07) is 1.20. The number of rotatable bonds is 1. The van der Waals surface area contributed by atoms with Gasteiger partial charge in [0.15, 0.2) is 6.20 Å². The number of nitrogens with zero attached hydrogens (tertiary/aromatic N) is 2. The van der Waals surface area contributed by atoms with Gasteiger partial charge in [-0.3, -0.25) is 10.1 Å². The molecule has 0 spiro atoms. The molecule has 0 N–H and O–H groups in total. The first-order valence-electron chi connectivity index (χ1n) is 3.06. The van der Waals surface area contributed by atoms with Crippen molar-refractivity contribution < 1.29 is 9.65 Å². The molecule has 1 rings (SSSR count). The molecule has 0 unspecified atom stereocenters. The topological polar surface area (TPSA) is 70.1 Å². The summed E-state index contributed by atoms with van der Waals surface area (Å²) >= 11 is 1.77. The third kappa shape index (κ3) is 1.47. The Hall–Kier alpha value is -0.920. The molecule has 1 aromatic rings. The Bertz CT molecular complexity index is 340. The van der Waals surface area contributed by atoms with Crippen LogP contribution in [-0.2, 0) is 0 Å². The fourth-order valence-electron chi connectivity index (χ4n) is 0.797. The monoisotopic (exact) mass is 280 g/mol. The maximum atomic E-state index is 10.9. The van der Waals surface area contributed by atoms with E-state index in [2.05, 4.69) is 0 Å². The molecule has 0 radical (unpaired) electrons. The second kappa shape index (κ2) is 3.21. The Labute approximate surface area is 81.9 Å². The summed E-state index contributed by atoms with van der Waals surface area (Å²) < 4.78 is 0.935. The summed E-state index contributed by atoms with van der Waals surface area (Å²) in [6.45, 7) is 1.55. The standard InChI is InChI=1S/C6H5IN2O3/c1-4-5(9(11)12)2-3-8(10)6(4)7/h2-3H,1H3. The van der Waals surface area contributed by atoms with Crippen LogP contribution in [0, 0.1) is 25.9 Å². The van der Waals surface area contributed by atoms with E-state index in [0.29, 0.717) is 14.0 Å². The first-order valence-corrected chi connectivity index (χ1v) is 4.14. The van der Waals surface area contributed by atoms with Crippen LogP contribution in [0.1, 0.15) is 5.56 Å². The molecule has 6 heteroatoms. The Morgan fingerprint density at radius 1 is 1.67 bits per heavy atom. The molecular weight excluding hydrogens is 275 g/mol. The molecule has 0 aliphatic carbocycles. The number of hydrogen-bond acceptors (Lipinski definition) is 3. The largest absolute Gasteiger partial charge is 0.618 e. The summed E-state index contributed by atoms with van der Waals surface area (Å²) in [5, 5.41) is 21.3. The predicted octanol–water partition coefficient (Wildman–Crippen LogP) is 1.14. The van der Waals surface area contributed by atoms with Gasteiger partial charge in [-0.1, -0.05) is 0 Å². The Morgan fingerprint density at radius 3 is 2.75 bits per heavy atom. The van der Waals surface area contributed by atoms with Crippen molar-refractivity contribution in [2.24, 2.45) is 0 Å². The van der Waals surface area contributed by atoms with Crippen LogP contribution in [0.15, 0.2) is 12.3 Å². The average molecular weight is 280 g/mol. The molecule has 0 aliphatic heterocycles. The Morgan fingerprint density at radius 2 is 2.25 bits per heavy atom. The summed E-state index contributed by atoms with van der Waals surface area (Å²) in [5.41, 5.74) is 0.379. The zero-order chi connectivity index (χ0) is 9.30. The number of aromatic nitrogens is 1. The minimum Gasteiger partial charge on any atom is -0.618 e. The highest BCUT2D eigenvalue weighted by molar-refractivity contribution is 14.1. The molecule has 0 fully saturated rings. The van der Waals surface area contributed by atoms with E-state index in [0.717, 1.165) is 6.20 Å². The molecule has 1 heterocycles. The van der Waals surface area contributed by atoms with Gasteiger partial charge in [0.2, 0.25) is 0 Å². The van der Waals surface area contributed by atoms with Gasteiger partial charge in [0.05, 0.1) is 11.0 Å². The van der Waals surface area contributed by atoms with Gasteiger partial charge in [-0.15, -0.1) is 0 Å². The number of nitro groups is 1. The van der Waals surface area contributed by atoms with Crippen molar-refractivity contribution in [2.75, 3.05) is 0 Å². The summed E-state index contributed by atoms with van der Waals surface area (Å²) in [4.78, 5) is 9.87. The molecule has 0 bridgehead atoms. The van der Waals surface area contributed by atoms with Gasteiger partial charge in [0.1, 0.15) is 5.56 Å². The Balaban J connectivity index is 3.36. The van der Waals surface area contributed by atoms with Gasteiger partial charge in [-0.05, 0) is 6.92 Å². The minimum atomic E-state index is -0.502. The maximum absolute atomic E-state index is 10.9. The van der Waals surface area contributed by atoms with Crippen LogP contribution in [-0.4, -0.2) is 4.92 Å². The molecule has 1 aromatic heterocycles. The lowest BCUT2D eigenvalue weighted by molar-refractivity contribution is -0.620. The molecule has 0 atom stereocenters. The zero-order valence-electron chi connectivity index (χ0n) is 6.15. The van der Waals surface area contributed by atoms with Crippen LogP contribution in [0.5, 0.6) is 0 Å². The summed E-state index contributed by atoms with van der Waals surface area (Å²) in [5.74, 6) is 0. The van der Waals surface area contributed by atoms with Crippen molar-refractivity contribution in [3.63, 3.8) is 0 Å². The molecule has 12 heavy (non-hydrogen) atoms. The van der Waals surface area contributed by atoms with Crippen LogP contribution in [0.2, 0.25) is 0 Å². The van der Waals surface area contributed by atoms with E-state index >= 15 is 0 Å². The van der Waals surface area contributed by atoms with E-state index in [1.165, 1.54) is 6.07 Å². The van der Waals surface area contributed by atoms with Gasteiger partial charge in [0.25, 0.3) is 9.39 Å². The van der Waals surface area contributed by atoms with Crippen molar-refractivity contribution in [3.05, 3.63) is 36.8 Å². The van der Waals surface area contributed by atoms with Gasteiger partial charge in [-0.25, -0.2) is 0 Å². The normalized spacial score (nSPS) is 9.83. The minimum absolute atomic E-state index is 0.0218. The van der Waals surface area contributed by atoms with Gasteiger partial charge in [-0.2, -0.15) is 4.73 Å². The highest BCUT2D eigenvalue weighted by Crippen LogP contribution is 2.18. The molecule has 0 saturated heterocycles. The van der Waals surface area contributed by atoms with Gasteiger partial charge in [0, 0.05) is 22.6 Å². The fraction of sp³-hybridized carbons (Fsp3) is 0.167. The lowest BCUT2D eigenvalue weighted by Crippen LogP contribution is -2.30. The van der Waals surface area contributed by atoms with Crippen molar-refractivity contribution in [2.45, 2.75) is 6.92 Å².